The van der Waals surface area contributed by atoms with Crippen LogP contribution >= 0.6 is 0 Å². The van der Waals surface area contributed by atoms with Crippen LogP contribution in [0.4, 0.5) is 0 Å². The molecule has 1 atom stereocenters. The second-order valence-electron chi connectivity index (χ2n) is 3.55. The molecule has 1 fully saturated rings. The van der Waals surface area contributed by atoms with Crippen molar-refractivity contribution in [2.24, 2.45) is 5.73 Å². The zero-order valence-electron chi connectivity index (χ0n) is 8.38. The Labute approximate surface area is 83.4 Å². The molecule has 0 aliphatic heterocycles. The lowest BCUT2D eigenvalue weighted by atomic mass is 10.2. The third-order valence-electron chi connectivity index (χ3n) is 2.12. The Balaban J connectivity index is 2.33. The molecule has 0 saturated heterocycles. The van der Waals surface area contributed by atoms with E-state index >= 15 is 0 Å². The van der Waals surface area contributed by atoms with Crippen LogP contribution in [0.25, 0.3) is 0 Å². The van der Waals surface area contributed by atoms with Gasteiger partial charge in [-0.2, -0.15) is 0 Å². The summed E-state index contributed by atoms with van der Waals surface area (Å²) in [6.07, 6.45) is 2.28. The summed E-state index contributed by atoms with van der Waals surface area (Å²) in [5.41, 5.74) is 5.18. The van der Waals surface area contributed by atoms with Gasteiger partial charge in [-0.05, 0) is 19.8 Å². The highest BCUT2D eigenvalue weighted by Gasteiger charge is 2.28. The van der Waals surface area contributed by atoms with Crippen LogP contribution in [0.1, 0.15) is 26.2 Å². The molecular formula is C9H17N3O2. The summed E-state index contributed by atoms with van der Waals surface area (Å²) in [6.45, 7) is 2.42. The van der Waals surface area contributed by atoms with Crippen molar-refractivity contribution in [3.8, 4) is 0 Å². The fraction of sp³-hybridized carbons (Fsp3) is 0.778. The zero-order chi connectivity index (χ0) is 10.6. The lowest BCUT2D eigenvalue weighted by molar-refractivity contribution is -0.126. The maximum atomic E-state index is 11.2. The molecule has 1 rings (SSSR count). The smallest absolute Gasteiger partial charge is 0.235 e. The van der Waals surface area contributed by atoms with Gasteiger partial charge in [0.1, 0.15) is 0 Å². The van der Waals surface area contributed by atoms with Crippen molar-refractivity contribution in [2.75, 3.05) is 6.54 Å². The molecule has 1 unspecified atom stereocenters. The summed E-state index contributed by atoms with van der Waals surface area (Å²) in [4.78, 5) is 22.2. The van der Waals surface area contributed by atoms with E-state index in [1.165, 1.54) is 0 Å². The summed E-state index contributed by atoms with van der Waals surface area (Å²) < 4.78 is 0. The maximum Gasteiger partial charge on any atom is 0.235 e. The molecule has 1 saturated carbocycles. The predicted octanol–water partition coefficient (Wildman–Crippen LogP) is -0.881. The molecule has 0 aromatic rings. The Bertz CT molecular complexity index is 226. The van der Waals surface area contributed by atoms with E-state index in [1.54, 1.807) is 0 Å². The molecule has 14 heavy (non-hydrogen) atoms. The molecule has 1 aliphatic rings. The number of rotatable bonds is 6. The minimum Gasteiger partial charge on any atom is -0.368 e. The topological polar surface area (TPSA) is 84.2 Å². The van der Waals surface area contributed by atoms with E-state index in [2.05, 4.69) is 10.6 Å². The first-order valence-corrected chi connectivity index (χ1v) is 4.95. The van der Waals surface area contributed by atoms with Gasteiger partial charge in [-0.15, -0.1) is 0 Å². The van der Waals surface area contributed by atoms with Gasteiger partial charge in [0.2, 0.25) is 11.8 Å². The summed E-state index contributed by atoms with van der Waals surface area (Å²) in [5, 5.41) is 5.68. The van der Waals surface area contributed by atoms with Crippen molar-refractivity contribution in [1.82, 2.24) is 10.6 Å². The van der Waals surface area contributed by atoms with Crippen LogP contribution in [0.3, 0.4) is 0 Å². The second-order valence-corrected chi connectivity index (χ2v) is 3.55. The van der Waals surface area contributed by atoms with Gasteiger partial charge >= 0.3 is 0 Å². The van der Waals surface area contributed by atoms with Gasteiger partial charge in [0.15, 0.2) is 0 Å². The van der Waals surface area contributed by atoms with Crippen LogP contribution in [0.15, 0.2) is 0 Å². The minimum atomic E-state index is -0.519. The van der Waals surface area contributed by atoms with E-state index in [4.69, 9.17) is 5.73 Å². The molecular weight excluding hydrogens is 182 g/mol. The Morgan fingerprint density at radius 2 is 2.14 bits per heavy atom. The van der Waals surface area contributed by atoms with E-state index in [1.807, 2.05) is 6.92 Å². The van der Waals surface area contributed by atoms with E-state index < -0.39 is 11.9 Å². The molecule has 4 N–H and O–H groups in total. The maximum absolute atomic E-state index is 11.2. The van der Waals surface area contributed by atoms with Crippen molar-refractivity contribution < 1.29 is 9.59 Å². The van der Waals surface area contributed by atoms with Crippen LogP contribution in [0, 0.1) is 0 Å². The Morgan fingerprint density at radius 1 is 1.50 bits per heavy atom. The van der Waals surface area contributed by atoms with Gasteiger partial charge in [0, 0.05) is 12.6 Å². The number of hydrogen-bond acceptors (Lipinski definition) is 3. The average molecular weight is 199 g/mol. The molecule has 5 heteroatoms. The van der Waals surface area contributed by atoms with Gasteiger partial charge < -0.3 is 16.4 Å². The standard InChI is InChI=1S/C9H17N3O2/c1-2-11-8(13)5-7(9(10)14)12-6-3-4-6/h6-7,12H,2-5H2,1H3,(H2,10,14)(H,11,13). The quantitative estimate of drug-likeness (QED) is 0.519. The first-order chi connectivity index (χ1) is 6.63. The summed E-state index contributed by atoms with van der Waals surface area (Å²) in [5.74, 6) is -0.590. The predicted molar refractivity (Wildman–Crippen MR) is 52.4 cm³/mol. The van der Waals surface area contributed by atoms with Gasteiger partial charge in [-0.25, -0.2) is 0 Å². The molecule has 0 radical (unpaired) electrons. The molecule has 5 nitrogen and oxygen atoms in total. The van der Waals surface area contributed by atoms with Crippen LogP contribution in [-0.4, -0.2) is 30.4 Å². The first-order valence-electron chi connectivity index (χ1n) is 4.95. The van der Waals surface area contributed by atoms with Crippen LogP contribution < -0.4 is 16.4 Å². The van der Waals surface area contributed by atoms with Gasteiger partial charge in [0.25, 0.3) is 0 Å². The number of amides is 2. The van der Waals surface area contributed by atoms with Crippen LogP contribution in [-0.2, 0) is 9.59 Å². The van der Waals surface area contributed by atoms with Crippen LogP contribution in [0.5, 0.6) is 0 Å². The molecule has 0 bridgehead atoms. The summed E-state index contributed by atoms with van der Waals surface area (Å²) >= 11 is 0. The number of nitrogens with one attached hydrogen (secondary N) is 2. The van der Waals surface area contributed by atoms with Crippen molar-refractivity contribution in [3.63, 3.8) is 0 Å². The first kappa shape index (κ1) is 11.0. The number of nitrogens with two attached hydrogens (primary N) is 1. The lowest BCUT2D eigenvalue weighted by Gasteiger charge is -2.13. The van der Waals surface area contributed by atoms with Crippen molar-refractivity contribution in [3.05, 3.63) is 0 Å². The van der Waals surface area contributed by atoms with Crippen LogP contribution in [0.2, 0.25) is 0 Å². The highest BCUT2D eigenvalue weighted by molar-refractivity contribution is 5.87. The number of hydrogen-bond donors (Lipinski definition) is 3. The highest BCUT2D eigenvalue weighted by Crippen LogP contribution is 2.19. The SMILES string of the molecule is CCNC(=O)CC(NC1CC1)C(N)=O. The summed E-state index contributed by atoms with van der Waals surface area (Å²) in [7, 11) is 0. The molecule has 1 aliphatic carbocycles. The molecule has 80 valence electrons. The minimum absolute atomic E-state index is 0.135. The number of primary amides is 1. The van der Waals surface area contributed by atoms with E-state index in [9.17, 15) is 9.59 Å². The second kappa shape index (κ2) is 4.95. The van der Waals surface area contributed by atoms with Crippen molar-refractivity contribution in [2.45, 2.75) is 38.3 Å². The zero-order valence-corrected chi connectivity index (χ0v) is 8.38. The van der Waals surface area contributed by atoms with E-state index in [0.717, 1.165) is 12.8 Å². The van der Waals surface area contributed by atoms with Crippen molar-refractivity contribution in [1.29, 1.82) is 0 Å². The molecule has 0 spiro atoms. The third kappa shape index (κ3) is 3.74. The fourth-order valence-corrected chi connectivity index (χ4v) is 1.23. The third-order valence-corrected chi connectivity index (χ3v) is 2.12. The molecule has 0 aromatic heterocycles. The normalized spacial score (nSPS) is 17.5. The van der Waals surface area contributed by atoms with E-state index in [-0.39, 0.29) is 12.3 Å². The van der Waals surface area contributed by atoms with E-state index in [0.29, 0.717) is 12.6 Å². The van der Waals surface area contributed by atoms with Gasteiger partial charge in [-0.3, -0.25) is 9.59 Å². The van der Waals surface area contributed by atoms with Gasteiger partial charge in [0.05, 0.1) is 12.5 Å². The van der Waals surface area contributed by atoms with Crippen molar-refractivity contribution >= 4 is 11.8 Å². The Kier molecular flexibility index (Phi) is 3.88. The Morgan fingerprint density at radius 3 is 2.57 bits per heavy atom. The lowest BCUT2D eigenvalue weighted by Crippen LogP contribution is -2.45. The number of carbonyl (C=O) groups excluding carboxylic acids is 2. The summed E-state index contributed by atoms with van der Waals surface area (Å²) in [6, 6.07) is -0.143. The average Bonchev–Trinajstić information content (AvgIpc) is 2.87. The number of carbonyl (C=O) groups is 2. The molecule has 0 heterocycles. The van der Waals surface area contributed by atoms with Gasteiger partial charge in [-0.1, -0.05) is 0 Å². The largest absolute Gasteiger partial charge is 0.368 e. The highest BCUT2D eigenvalue weighted by atomic mass is 16.2. The monoisotopic (exact) mass is 199 g/mol. The Hall–Kier alpha value is -1.10. The molecule has 2 amide bonds. The molecule has 0 aromatic carbocycles. The fourth-order valence-electron chi connectivity index (χ4n) is 1.23.